The molecule has 0 N–H and O–H groups in total. The summed E-state index contributed by atoms with van der Waals surface area (Å²) in [6.45, 7) is 0.725. The smallest absolute Gasteiger partial charge is 0.130 e. The van der Waals surface area contributed by atoms with Crippen LogP contribution in [0.4, 0.5) is 0 Å². The number of aryl methyl sites for hydroxylation is 1. The van der Waals surface area contributed by atoms with Crippen LogP contribution in [-0.4, -0.2) is 11.6 Å². The minimum Gasteiger partial charge on any atom is -0.493 e. The summed E-state index contributed by atoms with van der Waals surface area (Å²) in [6, 6.07) is 20.5. The molecule has 0 aliphatic carbocycles. The molecule has 0 spiro atoms. The molecule has 3 rings (SSSR count). The lowest BCUT2D eigenvalue weighted by molar-refractivity contribution is 0.314. The number of rotatable bonds is 5. The number of para-hydroxylation sites is 1. The number of fused-ring (bicyclic) bond motifs is 1. The summed E-state index contributed by atoms with van der Waals surface area (Å²) in [7, 11) is 0. The van der Waals surface area contributed by atoms with Gasteiger partial charge in [0.15, 0.2) is 0 Å². The molecule has 0 fully saturated rings. The van der Waals surface area contributed by atoms with Crippen molar-refractivity contribution in [2.45, 2.75) is 12.8 Å². The number of nitrogens with zero attached hydrogens (tertiary/aromatic N) is 1. The average molecular weight is 263 g/mol. The second kappa shape index (κ2) is 6.20. The summed E-state index contributed by atoms with van der Waals surface area (Å²) in [5.41, 5.74) is 2.34. The van der Waals surface area contributed by atoms with E-state index in [-0.39, 0.29) is 0 Å². The first kappa shape index (κ1) is 12.7. The van der Waals surface area contributed by atoms with E-state index in [9.17, 15) is 0 Å². The Morgan fingerprint density at radius 1 is 0.850 bits per heavy atom. The third-order valence-corrected chi connectivity index (χ3v) is 3.32. The van der Waals surface area contributed by atoms with Crippen molar-refractivity contribution in [1.82, 2.24) is 4.98 Å². The topological polar surface area (TPSA) is 22.1 Å². The molecule has 2 aromatic carbocycles. The first-order valence-electron chi connectivity index (χ1n) is 6.94. The number of benzene rings is 2. The van der Waals surface area contributed by atoms with Gasteiger partial charge in [0.05, 0.1) is 12.1 Å². The summed E-state index contributed by atoms with van der Waals surface area (Å²) in [5, 5.41) is 1.08. The third kappa shape index (κ3) is 2.97. The van der Waals surface area contributed by atoms with Crippen molar-refractivity contribution in [1.29, 1.82) is 0 Å². The summed E-state index contributed by atoms with van der Waals surface area (Å²) >= 11 is 0. The van der Waals surface area contributed by atoms with Crippen molar-refractivity contribution in [3.05, 3.63) is 72.4 Å². The van der Waals surface area contributed by atoms with Crippen molar-refractivity contribution in [3.8, 4) is 5.75 Å². The molecule has 0 saturated carbocycles. The van der Waals surface area contributed by atoms with E-state index in [2.05, 4.69) is 35.3 Å². The molecule has 3 aromatic rings. The Hall–Kier alpha value is -2.35. The van der Waals surface area contributed by atoms with Gasteiger partial charge in [0.2, 0.25) is 0 Å². The SMILES string of the molecule is c1ccc(CCCOc2ccnc3ccccc23)cc1. The Bertz CT molecular complexity index is 674. The monoisotopic (exact) mass is 263 g/mol. The van der Waals surface area contributed by atoms with Crippen molar-refractivity contribution in [3.63, 3.8) is 0 Å². The number of ether oxygens (including phenoxy) is 1. The van der Waals surface area contributed by atoms with E-state index < -0.39 is 0 Å². The summed E-state index contributed by atoms with van der Waals surface area (Å²) < 4.78 is 5.90. The lowest BCUT2D eigenvalue weighted by Gasteiger charge is -2.08. The number of hydrogen-bond acceptors (Lipinski definition) is 2. The summed E-state index contributed by atoms with van der Waals surface area (Å²) in [6.07, 6.45) is 3.86. The zero-order valence-corrected chi connectivity index (χ0v) is 11.3. The van der Waals surface area contributed by atoms with Crippen LogP contribution in [0.25, 0.3) is 10.9 Å². The molecular weight excluding hydrogens is 246 g/mol. The maximum atomic E-state index is 5.90. The molecule has 2 nitrogen and oxygen atoms in total. The van der Waals surface area contributed by atoms with Crippen LogP contribution in [0, 0.1) is 0 Å². The fourth-order valence-corrected chi connectivity index (χ4v) is 2.30. The van der Waals surface area contributed by atoms with E-state index in [1.807, 2.05) is 30.3 Å². The second-order valence-electron chi connectivity index (χ2n) is 4.76. The Balaban J connectivity index is 1.60. The van der Waals surface area contributed by atoms with Gasteiger partial charge < -0.3 is 4.74 Å². The quantitative estimate of drug-likeness (QED) is 0.642. The fraction of sp³-hybridized carbons (Fsp3) is 0.167. The maximum Gasteiger partial charge on any atom is 0.130 e. The highest BCUT2D eigenvalue weighted by Crippen LogP contribution is 2.23. The first-order valence-corrected chi connectivity index (χ1v) is 6.94. The highest BCUT2D eigenvalue weighted by Gasteiger charge is 2.01. The predicted molar refractivity (Wildman–Crippen MR) is 82.0 cm³/mol. The molecule has 1 aromatic heterocycles. The third-order valence-electron chi connectivity index (χ3n) is 3.32. The van der Waals surface area contributed by atoms with Gasteiger partial charge in [0.1, 0.15) is 5.75 Å². The molecule has 1 heterocycles. The Morgan fingerprint density at radius 2 is 1.65 bits per heavy atom. The molecule has 100 valence electrons. The molecule has 0 saturated heterocycles. The molecule has 0 amide bonds. The zero-order chi connectivity index (χ0) is 13.6. The number of hydrogen-bond donors (Lipinski definition) is 0. The van der Waals surface area contributed by atoms with Gasteiger partial charge in [0, 0.05) is 11.6 Å². The van der Waals surface area contributed by atoms with Crippen molar-refractivity contribution in [2.24, 2.45) is 0 Å². The van der Waals surface area contributed by atoms with E-state index in [1.165, 1.54) is 5.56 Å². The summed E-state index contributed by atoms with van der Waals surface area (Å²) in [4.78, 5) is 4.34. The van der Waals surface area contributed by atoms with Crippen molar-refractivity contribution >= 4 is 10.9 Å². The van der Waals surface area contributed by atoms with Crippen LogP contribution in [0.2, 0.25) is 0 Å². The number of aromatic nitrogens is 1. The molecule has 0 aliphatic rings. The number of pyridine rings is 1. The average Bonchev–Trinajstić information content (AvgIpc) is 2.53. The summed E-state index contributed by atoms with van der Waals surface area (Å²) in [5.74, 6) is 0.920. The second-order valence-corrected chi connectivity index (χ2v) is 4.76. The van der Waals surface area contributed by atoms with E-state index in [0.29, 0.717) is 0 Å². The van der Waals surface area contributed by atoms with Gasteiger partial charge in [-0.1, -0.05) is 42.5 Å². The van der Waals surface area contributed by atoms with Gasteiger partial charge in [-0.3, -0.25) is 4.98 Å². The maximum absolute atomic E-state index is 5.90. The van der Waals surface area contributed by atoms with E-state index in [4.69, 9.17) is 4.74 Å². The van der Waals surface area contributed by atoms with Crippen LogP contribution in [0.15, 0.2) is 66.9 Å². The molecular formula is C18H17NO. The Kier molecular flexibility index (Phi) is 3.93. The van der Waals surface area contributed by atoms with Crippen LogP contribution < -0.4 is 4.74 Å². The van der Waals surface area contributed by atoms with Crippen molar-refractivity contribution < 1.29 is 4.74 Å². The van der Waals surface area contributed by atoms with Crippen LogP contribution >= 0.6 is 0 Å². The minimum absolute atomic E-state index is 0.725. The van der Waals surface area contributed by atoms with Crippen LogP contribution in [-0.2, 0) is 6.42 Å². The largest absolute Gasteiger partial charge is 0.493 e. The standard InChI is InChI=1S/C18H17NO/c1-2-7-15(8-3-1)9-6-14-20-18-12-13-19-17-11-5-4-10-16(17)18/h1-5,7-8,10-13H,6,9,14H2. The fourth-order valence-electron chi connectivity index (χ4n) is 2.30. The minimum atomic E-state index is 0.725. The van der Waals surface area contributed by atoms with E-state index in [1.54, 1.807) is 6.20 Å². The normalized spacial score (nSPS) is 10.6. The van der Waals surface area contributed by atoms with E-state index in [0.717, 1.165) is 36.1 Å². The lowest BCUT2D eigenvalue weighted by atomic mass is 10.1. The van der Waals surface area contributed by atoms with Gasteiger partial charge in [0.25, 0.3) is 0 Å². The molecule has 20 heavy (non-hydrogen) atoms. The van der Waals surface area contributed by atoms with Gasteiger partial charge in [-0.2, -0.15) is 0 Å². The van der Waals surface area contributed by atoms with Crippen molar-refractivity contribution in [2.75, 3.05) is 6.61 Å². The van der Waals surface area contributed by atoms with Crippen LogP contribution in [0.5, 0.6) is 5.75 Å². The Labute approximate surface area is 119 Å². The molecule has 2 heteroatoms. The van der Waals surface area contributed by atoms with Crippen LogP contribution in [0.1, 0.15) is 12.0 Å². The van der Waals surface area contributed by atoms with Gasteiger partial charge in [-0.25, -0.2) is 0 Å². The van der Waals surface area contributed by atoms with Gasteiger partial charge >= 0.3 is 0 Å². The molecule has 0 bridgehead atoms. The molecule has 0 atom stereocenters. The Morgan fingerprint density at radius 3 is 2.55 bits per heavy atom. The predicted octanol–water partition coefficient (Wildman–Crippen LogP) is 4.25. The lowest BCUT2D eigenvalue weighted by Crippen LogP contribution is -2.00. The highest BCUT2D eigenvalue weighted by atomic mass is 16.5. The van der Waals surface area contributed by atoms with Gasteiger partial charge in [-0.15, -0.1) is 0 Å². The first-order chi connectivity index (χ1) is 9.93. The molecule has 0 unspecified atom stereocenters. The zero-order valence-electron chi connectivity index (χ0n) is 11.3. The van der Waals surface area contributed by atoms with Gasteiger partial charge in [-0.05, 0) is 36.6 Å². The van der Waals surface area contributed by atoms with E-state index >= 15 is 0 Å². The highest BCUT2D eigenvalue weighted by molar-refractivity contribution is 5.84. The molecule has 0 radical (unpaired) electrons. The van der Waals surface area contributed by atoms with Crippen LogP contribution in [0.3, 0.4) is 0 Å². The molecule has 0 aliphatic heterocycles.